The Labute approximate surface area is 95.9 Å². The summed E-state index contributed by atoms with van der Waals surface area (Å²) in [5.74, 6) is 1.76. The minimum Gasteiger partial charge on any atom is -0.508 e. The Morgan fingerprint density at radius 3 is 2.38 bits per heavy atom. The molecule has 3 heteroatoms. The van der Waals surface area contributed by atoms with E-state index in [0.29, 0.717) is 17.6 Å². The van der Waals surface area contributed by atoms with Crippen molar-refractivity contribution in [3.63, 3.8) is 0 Å². The minimum atomic E-state index is 0.195. The van der Waals surface area contributed by atoms with Crippen LogP contribution in [-0.2, 0) is 5.41 Å². The van der Waals surface area contributed by atoms with Crippen LogP contribution >= 0.6 is 0 Å². The van der Waals surface area contributed by atoms with Gasteiger partial charge in [0.1, 0.15) is 5.75 Å². The molecule has 86 valence electrons. The summed E-state index contributed by atoms with van der Waals surface area (Å²) in [6, 6.07) is 7.59. The maximum absolute atomic E-state index is 9.32. The molecule has 0 amide bonds. The van der Waals surface area contributed by atoms with Gasteiger partial charge in [-0.15, -0.1) is 0 Å². The lowest BCUT2D eigenvalue weighted by Crippen LogP contribution is -2.32. The highest BCUT2D eigenvalue weighted by Crippen LogP contribution is 2.62. The molecule has 0 spiro atoms. The standard InChI is InChI=1S/C13H18N2O/c1-15-6-11-12(7-15)13(11,8-14)9-2-4-10(16)5-3-9/h2-5,11-12,16H,6-8,14H2,1H3. The Morgan fingerprint density at radius 2 is 1.88 bits per heavy atom. The molecule has 16 heavy (non-hydrogen) atoms. The second-order valence-corrected chi connectivity index (χ2v) is 5.23. The van der Waals surface area contributed by atoms with Crippen molar-refractivity contribution in [1.82, 2.24) is 4.90 Å². The quantitative estimate of drug-likeness (QED) is 0.771. The molecule has 1 aromatic carbocycles. The summed E-state index contributed by atoms with van der Waals surface area (Å²) in [7, 11) is 2.17. The molecule has 3 rings (SSSR count). The molecule has 1 aromatic rings. The van der Waals surface area contributed by atoms with Gasteiger partial charge in [-0.05, 0) is 36.6 Å². The molecule has 1 saturated carbocycles. The van der Waals surface area contributed by atoms with Crippen LogP contribution in [0.15, 0.2) is 24.3 Å². The van der Waals surface area contributed by atoms with Crippen molar-refractivity contribution in [3.05, 3.63) is 29.8 Å². The number of benzene rings is 1. The average Bonchev–Trinajstić information content (AvgIpc) is 2.67. The molecule has 0 aromatic heterocycles. The van der Waals surface area contributed by atoms with E-state index in [1.807, 2.05) is 12.1 Å². The maximum Gasteiger partial charge on any atom is 0.115 e. The van der Waals surface area contributed by atoms with Crippen LogP contribution in [0.5, 0.6) is 5.75 Å². The maximum atomic E-state index is 9.32. The van der Waals surface area contributed by atoms with Gasteiger partial charge in [0.15, 0.2) is 0 Å². The van der Waals surface area contributed by atoms with E-state index in [-0.39, 0.29) is 5.41 Å². The second-order valence-electron chi connectivity index (χ2n) is 5.23. The number of hydrogen-bond donors (Lipinski definition) is 2. The normalized spacial score (nSPS) is 37.4. The summed E-state index contributed by atoms with van der Waals surface area (Å²) in [6.07, 6.45) is 0. The zero-order valence-corrected chi connectivity index (χ0v) is 9.56. The molecule has 2 unspecified atom stereocenters. The summed E-state index contributed by atoms with van der Waals surface area (Å²) in [5, 5.41) is 9.32. The Balaban J connectivity index is 1.91. The van der Waals surface area contributed by atoms with Crippen molar-refractivity contribution < 1.29 is 5.11 Å². The van der Waals surface area contributed by atoms with Crippen LogP contribution < -0.4 is 5.73 Å². The van der Waals surface area contributed by atoms with E-state index in [9.17, 15) is 5.11 Å². The van der Waals surface area contributed by atoms with E-state index in [4.69, 9.17) is 5.73 Å². The molecule has 1 heterocycles. The minimum absolute atomic E-state index is 0.195. The number of phenols is 1. The van der Waals surface area contributed by atoms with E-state index >= 15 is 0 Å². The van der Waals surface area contributed by atoms with E-state index in [1.54, 1.807) is 12.1 Å². The van der Waals surface area contributed by atoms with Crippen molar-refractivity contribution in [1.29, 1.82) is 0 Å². The number of aromatic hydroxyl groups is 1. The van der Waals surface area contributed by atoms with Gasteiger partial charge in [0.25, 0.3) is 0 Å². The summed E-state index contributed by atoms with van der Waals surface area (Å²) < 4.78 is 0. The van der Waals surface area contributed by atoms with Gasteiger partial charge in [0.05, 0.1) is 0 Å². The third-order valence-corrected chi connectivity index (χ3v) is 4.46. The fourth-order valence-electron chi connectivity index (χ4n) is 3.55. The predicted molar refractivity (Wildman–Crippen MR) is 63.3 cm³/mol. The Bertz CT molecular complexity index is 389. The Hall–Kier alpha value is -1.06. The summed E-state index contributed by atoms with van der Waals surface area (Å²) in [6.45, 7) is 3.03. The van der Waals surface area contributed by atoms with E-state index in [0.717, 1.165) is 19.6 Å². The predicted octanol–water partition coefficient (Wildman–Crippen LogP) is 0.780. The van der Waals surface area contributed by atoms with E-state index < -0.39 is 0 Å². The molecule has 0 bridgehead atoms. The van der Waals surface area contributed by atoms with Crippen molar-refractivity contribution in [3.8, 4) is 5.75 Å². The lowest BCUT2D eigenvalue weighted by Gasteiger charge is -2.23. The third-order valence-electron chi connectivity index (χ3n) is 4.46. The summed E-state index contributed by atoms with van der Waals surface area (Å²) in [5.41, 5.74) is 7.49. The first-order chi connectivity index (χ1) is 7.68. The highest BCUT2D eigenvalue weighted by atomic mass is 16.3. The number of nitrogens with two attached hydrogens (primary N) is 1. The zero-order chi connectivity index (χ0) is 11.3. The van der Waals surface area contributed by atoms with Gasteiger partial charge in [-0.25, -0.2) is 0 Å². The Morgan fingerprint density at radius 1 is 1.31 bits per heavy atom. The number of piperidine rings is 1. The largest absolute Gasteiger partial charge is 0.508 e. The van der Waals surface area contributed by atoms with Crippen molar-refractivity contribution >= 4 is 0 Å². The van der Waals surface area contributed by atoms with Crippen LogP contribution in [0.1, 0.15) is 5.56 Å². The lowest BCUT2D eigenvalue weighted by atomic mass is 9.90. The van der Waals surface area contributed by atoms with Crippen molar-refractivity contribution in [2.75, 3.05) is 26.7 Å². The van der Waals surface area contributed by atoms with Gasteiger partial charge in [-0.3, -0.25) is 0 Å². The highest BCUT2D eigenvalue weighted by Gasteiger charge is 2.67. The van der Waals surface area contributed by atoms with Crippen molar-refractivity contribution in [2.24, 2.45) is 17.6 Å². The topological polar surface area (TPSA) is 49.5 Å². The second kappa shape index (κ2) is 3.22. The summed E-state index contributed by atoms with van der Waals surface area (Å²) >= 11 is 0. The Kier molecular flexibility index (Phi) is 2.03. The fourth-order valence-corrected chi connectivity index (χ4v) is 3.55. The number of likely N-dealkylation sites (tertiary alicyclic amines) is 1. The van der Waals surface area contributed by atoms with Gasteiger partial charge in [-0.2, -0.15) is 0 Å². The van der Waals surface area contributed by atoms with Crippen molar-refractivity contribution in [2.45, 2.75) is 5.41 Å². The fraction of sp³-hybridized carbons (Fsp3) is 0.538. The van der Waals surface area contributed by atoms with Gasteiger partial charge >= 0.3 is 0 Å². The SMILES string of the molecule is CN1CC2C(C1)C2(CN)c1ccc(O)cc1. The van der Waals surface area contributed by atoms with Crippen LogP contribution in [0.4, 0.5) is 0 Å². The van der Waals surface area contributed by atoms with E-state index in [2.05, 4.69) is 11.9 Å². The lowest BCUT2D eigenvalue weighted by molar-refractivity contribution is 0.326. The first-order valence-electron chi connectivity index (χ1n) is 5.86. The summed E-state index contributed by atoms with van der Waals surface area (Å²) in [4.78, 5) is 2.38. The van der Waals surface area contributed by atoms with Crippen LogP contribution in [0.2, 0.25) is 0 Å². The number of hydrogen-bond acceptors (Lipinski definition) is 3. The van der Waals surface area contributed by atoms with E-state index in [1.165, 1.54) is 5.56 Å². The molecular formula is C13H18N2O. The highest BCUT2D eigenvalue weighted by molar-refractivity contribution is 5.41. The van der Waals surface area contributed by atoms with Gasteiger partial charge in [0.2, 0.25) is 0 Å². The molecule has 3 nitrogen and oxygen atoms in total. The van der Waals surface area contributed by atoms with Crippen LogP contribution in [0.25, 0.3) is 0 Å². The molecule has 1 aliphatic heterocycles. The average molecular weight is 218 g/mol. The van der Waals surface area contributed by atoms with Crippen LogP contribution in [0.3, 0.4) is 0 Å². The third kappa shape index (κ3) is 1.16. The van der Waals surface area contributed by atoms with Gasteiger partial charge < -0.3 is 15.7 Å². The van der Waals surface area contributed by atoms with Gasteiger partial charge in [-0.1, -0.05) is 12.1 Å². The zero-order valence-electron chi connectivity index (χ0n) is 9.56. The molecule has 2 aliphatic rings. The number of nitrogens with zero attached hydrogens (tertiary/aromatic N) is 1. The molecule has 2 fully saturated rings. The molecular weight excluding hydrogens is 200 g/mol. The monoisotopic (exact) mass is 218 g/mol. The number of fused-ring (bicyclic) bond motifs is 1. The van der Waals surface area contributed by atoms with Gasteiger partial charge in [0, 0.05) is 25.0 Å². The molecule has 1 aliphatic carbocycles. The first kappa shape index (κ1) is 10.1. The van der Waals surface area contributed by atoms with Crippen LogP contribution in [-0.4, -0.2) is 36.7 Å². The number of phenolic OH excluding ortho intramolecular Hbond substituents is 1. The molecule has 2 atom stereocenters. The molecule has 3 N–H and O–H groups in total. The first-order valence-corrected chi connectivity index (χ1v) is 5.86. The van der Waals surface area contributed by atoms with Crippen LogP contribution in [0, 0.1) is 11.8 Å². The molecule has 0 radical (unpaired) electrons. The smallest absolute Gasteiger partial charge is 0.115 e. The number of rotatable bonds is 2. The molecule has 1 saturated heterocycles.